The first-order valence-corrected chi connectivity index (χ1v) is 4.29. The Morgan fingerprint density at radius 2 is 2.27 bits per heavy atom. The number of hydrogen-bond donors (Lipinski definition) is 2. The van der Waals surface area contributed by atoms with Crippen molar-refractivity contribution in [1.82, 2.24) is 4.98 Å². The summed E-state index contributed by atoms with van der Waals surface area (Å²) in [6.45, 7) is 0. The molecule has 2 rings (SSSR count). The number of nitrogens with two attached hydrogens (primary N) is 2. The SMILES string of the molecule is NC(=O)C=Cc1ccc2oc(N)nc2c1. The highest BCUT2D eigenvalue weighted by Crippen LogP contribution is 2.18. The van der Waals surface area contributed by atoms with Gasteiger partial charge in [-0.2, -0.15) is 4.98 Å². The highest BCUT2D eigenvalue weighted by Gasteiger charge is 2.01. The van der Waals surface area contributed by atoms with E-state index in [1.54, 1.807) is 24.3 Å². The number of nitrogens with zero attached hydrogens (tertiary/aromatic N) is 1. The second kappa shape index (κ2) is 3.45. The van der Waals surface area contributed by atoms with Gasteiger partial charge in [0.05, 0.1) is 0 Å². The maximum atomic E-state index is 10.5. The molecule has 1 aromatic carbocycles. The summed E-state index contributed by atoms with van der Waals surface area (Å²) >= 11 is 0. The van der Waals surface area contributed by atoms with Gasteiger partial charge in [0.2, 0.25) is 5.91 Å². The molecule has 1 heterocycles. The summed E-state index contributed by atoms with van der Waals surface area (Å²) in [5.41, 5.74) is 12.5. The van der Waals surface area contributed by atoms with Crippen molar-refractivity contribution in [2.75, 3.05) is 5.73 Å². The van der Waals surface area contributed by atoms with Crippen molar-refractivity contribution in [3.05, 3.63) is 29.8 Å². The molecule has 0 aliphatic rings. The molecule has 2 aromatic rings. The fraction of sp³-hybridized carbons (Fsp3) is 0. The molecule has 0 radical (unpaired) electrons. The van der Waals surface area contributed by atoms with E-state index in [1.165, 1.54) is 6.08 Å². The van der Waals surface area contributed by atoms with Gasteiger partial charge in [-0.25, -0.2) is 0 Å². The number of amides is 1. The second-order valence-electron chi connectivity index (χ2n) is 3.01. The van der Waals surface area contributed by atoms with Crippen molar-refractivity contribution in [3.63, 3.8) is 0 Å². The number of carbonyl (C=O) groups excluding carboxylic acids is 1. The quantitative estimate of drug-likeness (QED) is 0.709. The van der Waals surface area contributed by atoms with Crippen LogP contribution in [0, 0.1) is 0 Å². The lowest BCUT2D eigenvalue weighted by molar-refractivity contribution is -0.113. The topological polar surface area (TPSA) is 95.1 Å². The predicted octanol–water partition coefficient (Wildman–Crippen LogP) is 0.909. The molecule has 1 aromatic heterocycles. The minimum atomic E-state index is -0.491. The van der Waals surface area contributed by atoms with Gasteiger partial charge in [0.25, 0.3) is 6.01 Å². The molecule has 5 heteroatoms. The first-order chi connectivity index (χ1) is 7.15. The average molecular weight is 203 g/mol. The number of carbonyl (C=O) groups is 1. The molecule has 5 nitrogen and oxygen atoms in total. The summed E-state index contributed by atoms with van der Waals surface area (Å²) in [4.78, 5) is 14.5. The normalized spacial score (nSPS) is 11.2. The van der Waals surface area contributed by atoms with Crippen LogP contribution in [0.5, 0.6) is 0 Å². The monoisotopic (exact) mass is 203 g/mol. The van der Waals surface area contributed by atoms with Crippen LogP contribution in [0.2, 0.25) is 0 Å². The fourth-order valence-electron chi connectivity index (χ4n) is 1.24. The Morgan fingerprint density at radius 1 is 1.47 bits per heavy atom. The lowest BCUT2D eigenvalue weighted by atomic mass is 10.2. The zero-order valence-electron chi connectivity index (χ0n) is 7.81. The number of fused-ring (bicyclic) bond motifs is 1. The molecule has 0 bridgehead atoms. The predicted molar refractivity (Wildman–Crippen MR) is 56.6 cm³/mol. The van der Waals surface area contributed by atoms with Gasteiger partial charge in [-0.05, 0) is 23.8 Å². The first kappa shape index (κ1) is 9.26. The van der Waals surface area contributed by atoms with Crippen molar-refractivity contribution in [2.24, 2.45) is 5.73 Å². The smallest absolute Gasteiger partial charge is 0.292 e. The Labute approximate surface area is 85.4 Å². The average Bonchev–Trinajstić information content (AvgIpc) is 2.53. The molecule has 15 heavy (non-hydrogen) atoms. The van der Waals surface area contributed by atoms with E-state index in [0.29, 0.717) is 11.1 Å². The molecular weight excluding hydrogens is 194 g/mol. The van der Waals surface area contributed by atoms with Crippen LogP contribution in [0.1, 0.15) is 5.56 Å². The van der Waals surface area contributed by atoms with Crippen LogP contribution in [-0.2, 0) is 4.79 Å². The van der Waals surface area contributed by atoms with Gasteiger partial charge in [-0.15, -0.1) is 0 Å². The molecule has 0 spiro atoms. The molecule has 1 amide bonds. The molecule has 0 saturated carbocycles. The Kier molecular flexibility index (Phi) is 2.13. The molecule has 76 valence electrons. The number of oxazole rings is 1. The molecule has 0 aliphatic heterocycles. The van der Waals surface area contributed by atoms with Crippen molar-refractivity contribution < 1.29 is 9.21 Å². The van der Waals surface area contributed by atoms with Crippen LogP contribution in [-0.4, -0.2) is 10.9 Å². The minimum Gasteiger partial charge on any atom is -0.424 e. The van der Waals surface area contributed by atoms with Gasteiger partial charge < -0.3 is 15.9 Å². The van der Waals surface area contributed by atoms with Crippen LogP contribution in [0.4, 0.5) is 6.01 Å². The maximum Gasteiger partial charge on any atom is 0.292 e. The lowest BCUT2D eigenvalue weighted by Gasteiger charge is -1.91. The third-order valence-corrected chi connectivity index (χ3v) is 1.87. The van der Waals surface area contributed by atoms with Gasteiger partial charge in [-0.3, -0.25) is 4.79 Å². The molecule has 0 fully saturated rings. The Balaban J connectivity index is 2.42. The maximum absolute atomic E-state index is 10.5. The molecule has 0 aliphatic carbocycles. The summed E-state index contributed by atoms with van der Waals surface area (Å²) in [5.74, 6) is -0.491. The van der Waals surface area contributed by atoms with Crippen molar-refractivity contribution in [1.29, 1.82) is 0 Å². The van der Waals surface area contributed by atoms with Crippen molar-refractivity contribution in [3.8, 4) is 0 Å². The minimum absolute atomic E-state index is 0.126. The summed E-state index contributed by atoms with van der Waals surface area (Å²) in [5, 5.41) is 0. The largest absolute Gasteiger partial charge is 0.424 e. The third kappa shape index (κ3) is 1.96. The molecule has 0 unspecified atom stereocenters. The van der Waals surface area contributed by atoms with Crippen LogP contribution >= 0.6 is 0 Å². The van der Waals surface area contributed by atoms with Crippen molar-refractivity contribution in [2.45, 2.75) is 0 Å². The van der Waals surface area contributed by atoms with Crippen LogP contribution in [0.15, 0.2) is 28.7 Å². The number of nitrogen functional groups attached to an aromatic ring is 1. The van der Waals surface area contributed by atoms with Gasteiger partial charge >= 0.3 is 0 Å². The third-order valence-electron chi connectivity index (χ3n) is 1.87. The first-order valence-electron chi connectivity index (χ1n) is 4.29. The fourth-order valence-corrected chi connectivity index (χ4v) is 1.24. The Hall–Kier alpha value is -2.30. The Bertz CT molecular complexity index is 543. The number of benzene rings is 1. The summed E-state index contributed by atoms with van der Waals surface area (Å²) in [7, 11) is 0. The number of rotatable bonds is 2. The van der Waals surface area contributed by atoms with E-state index in [4.69, 9.17) is 15.9 Å². The number of anilines is 1. The van der Waals surface area contributed by atoms with Crippen molar-refractivity contribution >= 4 is 29.1 Å². The molecular formula is C10H9N3O2. The number of hydrogen-bond acceptors (Lipinski definition) is 4. The second-order valence-corrected chi connectivity index (χ2v) is 3.01. The Morgan fingerprint density at radius 3 is 3.00 bits per heavy atom. The molecule has 0 saturated heterocycles. The number of primary amides is 1. The van der Waals surface area contributed by atoms with E-state index in [1.807, 2.05) is 0 Å². The van der Waals surface area contributed by atoms with Crippen LogP contribution < -0.4 is 11.5 Å². The lowest BCUT2D eigenvalue weighted by Crippen LogP contribution is -2.04. The highest BCUT2D eigenvalue weighted by molar-refractivity contribution is 5.91. The summed E-state index contributed by atoms with van der Waals surface area (Å²) in [6, 6.07) is 5.40. The van der Waals surface area contributed by atoms with Crippen LogP contribution in [0.25, 0.3) is 17.2 Å². The van der Waals surface area contributed by atoms with Gasteiger partial charge in [0.1, 0.15) is 5.52 Å². The summed E-state index contributed by atoms with van der Waals surface area (Å²) < 4.78 is 5.10. The van der Waals surface area contributed by atoms with Crippen LogP contribution in [0.3, 0.4) is 0 Å². The molecule has 4 N–H and O–H groups in total. The van der Waals surface area contributed by atoms with E-state index in [-0.39, 0.29) is 6.01 Å². The van der Waals surface area contributed by atoms with Gasteiger partial charge in [0, 0.05) is 6.08 Å². The number of aromatic nitrogens is 1. The van der Waals surface area contributed by atoms with E-state index in [9.17, 15) is 4.79 Å². The van der Waals surface area contributed by atoms with E-state index in [2.05, 4.69) is 4.98 Å². The van der Waals surface area contributed by atoms with E-state index < -0.39 is 5.91 Å². The highest BCUT2D eigenvalue weighted by atomic mass is 16.4. The van der Waals surface area contributed by atoms with E-state index in [0.717, 1.165) is 5.56 Å². The summed E-state index contributed by atoms with van der Waals surface area (Å²) in [6.07, 6.45) is 2.89. The van der Waals surface area contributed by atoms with E-state index >= 15 is 0 Å². The standard InChI is InChI=1S/C10H9N3O2/c11-9(14)4-2-6-1-3-8-7(5-6)13-10(12)15-8/h1-5H,(H2,11,14)(H2,12,13). The zero-order valence-corrected chi connectivity index (χ0v) is 7.81. The zero-order chi connectivity index (χ0) is 10.8. The molecule has 0 atom stereocenters. The van der Waals surface area contributed by atoms with Gasteiger partial charge in [-0.1, -0.05) is 6.07 Å². The van der Waals surface area contributed by atoms with Gasteiger partial charge in [0.15, 0.2) is 5.58 Å².